The molecule has 0 fully saturated rings. The number of aryl methyl sites for hydroxylation is 1. The van der Waals surface area contributed by atoms with Crippen molar-refractivity contribution in [3.63, 3.8) is 0 Å². The smallest absolute Gasteiger partial charge is 0.300 e. The molecule has 0 atom stereocenters. The highest BCUT2D eigenvalue weighted by atomic mass is 16.6. The van der Waals surface area contributed by atoms with Crippen molar-refractivity contribution in [1.29, 1.82) is 0 Å². The fourth-order valence-corrected chi connectivity index (χ4v) is 1.82. The zero-order valence-electron chi connectivity index (χ0n) is 11.6. The number of imidazole rings is 1. The van der Waals surface area contributed by atoms with E-state index in [4.69, 9.17) is 5.73 Å². The third-order valence-electron chi connectivity index (χ3n) is 2.98. The summed E-state index contributed by atoms with van der Waals surface area (Å²) in [4.78, 5) is 31.8. The van der Waals surface area contributed by atoms with Crippen LogP contribution >= 0.6 is 0 Å². The van der Waals surface area contributed by atoms with E-state index in [1.165, 1.54) is 18.0 Å². The van der Waals surface area contributed by atoms with Crippen LogP contribution in [0.15, 0.2) is 24.7 Å². The van der Waals surface area contributed by atoms with Gasteiger partial charge in [-0.3, -0.25) is 14.9 Å². The maximum absolute atomic E-state index is 12.4. The second-order valence-electron chi connectivity index (χ2n) is 4.50. The molecule has 2 heterocycles. The van der Waals surface area contributed by atoms with E-state index in [2.05, 4.69) is 9.97 Å². The highest BCUT2D eigenvalue weighted by Crippen LogP contribution is 2.21. The second-order valence-corrected chi connectivity index (χ2v) is 4.50. The molecule has 2 aromatic heterocycles. The van der Waals surface area contributed by atoms with Crippen molar-refractivity contribution in [2.45, 2.75) is 6.54 Å². The van der Waals surface area contributed by atoms with E-state index in [9.17, 15) is 14.9 Å². The molecular weight excluding hydrogens is 276 g/mol. The molecule has 110 valence electrons. The summed E-state index contributed by atoms with van der Waals surface area (Å²) in [5.74, 6) is 0.198. The van der Waals surface area contributed by atoms with Crippen molar-refractivity contribution in [2.24, 2.45) is 7.05 Å². The summed E-state index contributed by atoms with van der Waals surface area (Å²) in [6, 6.07) is 1.20. The summed E-state index contributed by atoms with van der Waals surface area (Å²) in [5, 5.41) is 11.0. The number of hydrogen-bond donors (Lipinski definition) is 1. The number of nitro groups is 1. The predicted octanol–water partition coefficient (Wildman–Crippen LogP) is 0.578. The number of nitrogens with two attached hydrogens (primary N) is 1. The zero-order valence-corrected chi connectivity index (χ0v) is 11.6. The Labute approximate surface area is 120 Å². The molecule has 9 heteroatoms. The summed E-state index contributed by atoms with van der Waals surface area (Å²) in [7, 11) is 3.34. The Morgan fingerprint density at radius 3 is 2.81 bits per heavy atom. The largest absolute Gasteiger partial charge is 0.384 e. The van der Waals surface area contributed by atoms with Crippen molar-refractivity contribution in [3.8, 4) is 0 Å². The molecule has 0 aliphatic rings. The molecule has 0 radical (unpaired) electrons. The minimum atomic E-state index is -0.658. The Morgan fingerprint density at radius 1 is 1.52 bits per heavy atom. The van der Waals surface area contributed by atoms with Crippen molar-refractivity contribution in [2.75, 3.05) is 12.8 Å². The van der Waals surface area contributed by atoms with Crippen LogP contribution in [0.1, 0.15) is 16.2 Å². The molecule has 2 aromatic rings. The first kappa shape index (κ1) is 14.4. The van der Waals surface area contributed by atoms with E-state index >= 15 is 0 Å². The molecule has 1 amide bonds. The molecule has 2 rings (SSSR count). The summed E-state index contributed by atoms with van der Waals surface area (Å²) in [6.45, 7) is 0.224. The lowest BCUT2D eigenvalue weighted by Crippen LogP contribution is -2.28. The Hall–Kier alpha value is -2.97. The monoisotopic (exact) mass is 290 g/mol. The van der Waals surface area contributed by atoms with E-state index in [0.717, 1.165) is 6.20 Å². The molecular formula is C12H14N6O3. The summed E-state index contributed by atoms with van der Waals surface area (Å²) >= 11 is 0. The maximum Gasteiger partial charge on any atom is 0.300 e. The first-order valence-corrected chi connectivity index (χ1v) is 6.01. The SMILES string of the molecule is CN(Cc1nccn1C)C(=O)c1cc(N)ncc1[N+](=O)[O-]. The number of carbonyl (C=O) groups is 1. The van der Waals surface area contributed by atoms with Crippen molar-refractivity contribution >= 4 is 17.4 Å². The van der Waals surface area contributed by atoms with E-state index < -0.39 is 10.8 Å². The molecule has 2 N–H and O–H groups in total. The molecule has 21 heavy (non-hydrogen) atoms. The number of anilines is 1. The number of carbonyl (C=O) groups excluding carboxylic acids is 1. The highest BCUT2D eigenvalue weighted by molar-refractivity contribution is 5.98. The number of aromatic nitrogens is 3. The first-order valence-electron chi connectivity index (χ1n) is 6.01. The van der Waals surface area contributed by atoms with Gasteiger partial charge in [-0.2, -0.15) is 0 Å². The molecule has 0 bridgehead atoms. The minimum Gasteiger partial charge on any atom is -0.384 e. The fourth-order valence-electron chi connectivity index (χ4n) is 1.82. The van der Waals surface area contributed by atoms with Gasteiger partial charge in [0.25, 0.3) is 11.6 Å². The van der Waals surface area contributed by atoms with Gasteiger partial charge < -0.3 is 15.2 Å². The Balaban J connectivity index is 2.29. The van der Waals surface area contributed by atoms with Gasteiger partial charge in [0.05, 0.1) is 11.5 Å². The highest BCUT2D eigenvalue weighted by Gasteiger charge is 2.24. The Kier molecular flexibility index (Phi) is 3.83. The van der Waals surface area contributed by atoms with Crippen LogP contribution in [-0.2, 0) is 13.6 Å². The van der Waals surface area contributed by atoms with Crippen molar-refractivity contribution < 1.29 is 9.72 Å². The van der Waals surface area contributed by atoms with Gasteiger partial charge in [0.1, 0.15) is 23.4 Å². The van der Waals surface area contributed by atoms with E-state index in [0.29, 0.717) is 5.82 Å². The first-order chi connectivity index (χ1) is 9.90. The van der Waals surface area contributed by atoms with Crippen molar-refractivity contribution in [3.05, 3.63) is 46.2 Å². The van der Waals surface area contributed by atoms with Gasteiger partial charge in [-0.25, -0.2) is 9.97 Å². The van der Waals surface area contributed by atoms with Gasteiger partial charge in [0.15, 0.2) is 0 Å². The third-order valence-corrected chi connectivity index (χ3v) is 2.98. The molecule has 0 unspecified atom stereocenters. The molecule has 0 saturated carbocycles. The number of pyridine rings is 1. The molecule has 9 nitrogen and oxygen atoms in total. The van der Waals surface area contributed by atoms with Crippen LogP contribution in [0.2, 0.25) is 0 Å². The molecule has 0 saturated heterocycles. The van der Waals surface area contributed by atoms with Crippen LogP contribution in [0.3, 0.4) is 0 Å². The van der Waals surface area contributed by atoms with E-state index in [-0.39, 0.29) is 23.6 Å². The summed E-state index contributed by atoms with van der Waals surface area (Å²) in [5.41, 5.74) is 5.04. The third kappa shape index (κ3) is 2.96. The molecule has 0 aliphatic carbocycles. The number of rotatable bonds is 4. The second kappa shape index (κ2) is 5.57. The average Bonchev–Trinajstić information content (AvgIpc) is 2.83. The summed E-state index contributed by atoms with van der Waals surface area (Å²) in [6.07, 6.45) is 4.35. The van der Waals surface area contributed by atoms with Gasteiger partial charge in [-0.1, -0.05) is 0 Å². The number of hydrogen-bond acceptors (Lipinski definition) is 6. The quantitative estimate of drug-likeness (QED) is 0.649. The van der Waals surface area contributed by atoms with Gasteiger partial charge in [0, 0.05) is 26.5 Å². The van der Waals surface area contributed by atoms with Crippen molar-refractivity contribution in [1.82, 2.24) is 19.4 Å². The number of amides is 1. The van der Waals surface area contributed by atoms with Gasteiger partial charge >= 0.3 is 0 Å². The maximum atomic E-state index is 12.4. The van der Waals surface area contributed by atoms with Crippen LogP contribution in [-0.4, -0.2) is 37.3 Å². The minimum absolute atomic E-state index is 0.0503. The molecule has 0 aliphatic heterocycles. The predicted molar refractivity (Wildman–Crippen MR) is 74.3 cm³/mol. The topological polar surface area (TPSA) is 120 Å². The lowest BCUT2D eigenvalue weighted by atomic mass is 10.2. The average molecular weight is 290 g/mol. The molecule has 0 spiro atoms. The van der Waals surface area contributed by atoms with Gasteiger partial charge in [-0.15, -0.1) is 0 Å². The van der Waals surface area contributed by atoms with E-state index in [1.54, 1.807) is 24.0 Å². The van der Waals surface area contributed by atoms with Gasteiger partial charge in [0.2, 0.25) is 0 Å². The lowest BCUT2D eigenvalue weighted by Gasteiger charge is -2.17. The van der Waals surface area contributed by atoms with Crippen LogP contribution < -0.4 is 5.73 Å². The normalized spacial score (nSPS) is 10.4. The van der Waals surface area contributed by atoms with Crippen LogP contribution in [0.4, 0.5) is 11.5 Å². The van der Waals surface area contributed by atoms with Crippen LogP contribution in [0.5, 0.6) is 0 Å². The lowest BCUT2D eigenvalue weighted by molar-refractivity contribution is -0.385. The Morgan fingerprint density at radius 2 is 2.24 bits per heavy atom. The molecule has 0 aromatic carbocycles. The summed E-state index contributed by atoms with van der Waals surface area (Å²) < 4.78 is 1.76. The fraction of sp³-hybridized carbons (Fsp3) is 0.250. The standard InChI is InChI=1S/C12H14N6O3/c1-16-4-3-14-11(16)7-17(2)12(19)8-5-10(13)15-6-9(8)18(20)21/h3-6H,7H2,1-2H3,(H2,13,15). The zero-order chi connectivity index (χ0) is 15.6. The number of nitrogen functional groups attached to an aromatic ring is 1. The van der Waals surface area contributed by atoms with Crippen LogP contribution in [0, 0.1) is 10.1 Å². The van der Waals surface area contributed by atoms with Gasteiger partial charge in [-0.05, 0) is 6.07 Å². The van der Waals surface area contributed by atoms with Crippen LogP contribution in [0.25, 0.3) is 0 Å². The number of nitrogens with zero attached hydrogens (tertiary/aromatic N) is 5. The Bertz CT molecular complexity index is 696. The van der Waals surface area contributed by atoms with E-state index in [1.807, 2.05) is 0 Å².